The van der Waals surface area contributed by atoms with Crippen LogP contribution in [0, 0.1) is 0 Å². The Morgan fingerprint density at radius 1 is 1.50 bits per heavy atom. The minimum atomic E-state index is -0.752. The first-order valence-electron chi connectivity index (χ1n) is 5.19. The number of carbonyl (C=O) groups is 1. The van der Waals surface area contributed by atoms with Crippen molar-refractivity contribution in [3.63, 3.8) is 0 Å². The maximum absolute atomic E-state index is 11.1. The molecular formula is C12H10ClNO2. The van der Waals surface area contributed by atoms with Crippen molar-refractivity contribution < 1.29 is 9.90 Å². The molecule has 0 spiro atoms. The van der Waals surface area contributed by atoms with Crippen molar-refractivity contribution in [3.05, 3.63) is 35.0 Å². The summed E-state index contributed by atoms with van der Waals surface area (Å²) in [4.78, 5) is 11.1. The lowest BCUT2D eigenvalue weighted by molar-refractivity contribution is -0.138. The van der Waals surface area contributed by atoms with Gasteiger partial charge < -0.3 is 9.67 Å². The van der Waals surface area contributed by atoms with Crippen LogP contribution in [0.3, 0.4) is 0 Å². The van der Waals surface area contributed by atoms with Crippen LogP contribution in [-0.4, -0.2) is 15.6 Å². The molecular weight excluding hydrogens is 226 g/mol. The van der Waals surface area contributed by atoms with Crippen LogP contribution >= 0.6 is 11.6 Å². The van der Waals surface area contributed by atoms with Crippen LogP contribution in [0.5, 0.6) is 0 Å². The molecule has 0 saturated heterocycles. The molecule has 0 aliphatic carbocycles. The van der Waals surface area contributed by atoms with Gasteiger partial charge in [-0.05, 0) is 24.6 Å². The highest BCUT2D eigenvalue weighted by Crippen LogP contribution is 2.36. The normalized spacial score (nSPS) is 18.9. The number of halogens is 1. The molecule has 2 heterocycles. The summed E-state index contributed by atoms with van der Waals surface area (Å²) >= 11 is 6.09. The van der Waals surface area contributed by atoms with Crippen LogP contribution in [0.2, 0.25) is 5.02 Å². The molecule has 82 valence electrons. The zero-order valence-corrected chi connectivity index (χ0v) is 9.24. The first kappa shape index (κ1) is 9.73. The number of aromatic nitrogens is 1. The van der Waals surface area contributed by atoms with Crippen LogP contribution in [0.25, 0.3) is 10.9 Å². The molecule has 2 aromatic rings. The van der Waals surface area contributed by atoms with Gasteiger partial charge in [-0.1, -0.05) is 17.7 Å². The second-order valence-corrected chi connectivity index (χ2v) is 4.48. The van der Waals surface area contributed by atoms with Crippen LogP contribution < -0.4 is 0 Å². The van der Waals surface area contributed by atoms with Gasteiger partial charge in [0.25, 0.3) is 0 Å². The maximum atomic E-state index is 11.1. The fourth-order valence-corrected chi connectivity index (χ4v) is 2.69. The molecule has 3 nitrogen and oxygen atoms in total. The van der Waals surface area contributed by atoms with Gasteiger partial charge in [0.05, 0.1) is 5.92 Å². The molecule has 0 radical (unpaired) electrons. The van der Waals surface area contributed by atoms with E-state index in [1.54, 1.807) is 0 Å². The summed E-state index contributed by atoms with van der Waals surface area (Å²) in [7, 11) is 0. The summed E-state index contributed by atoms with van der Waals surface area (Å²) in [5, 5.41) is 10.7. The number of hydrogen-bond donors (Lipinski definition) is 1. The van der Waals surface area contributed by atoms with E-state index in [-0.39, 0.29) is 5.92 Å². The van der Waals surface area contributed by atoms with Gasteiger partial charge in [-0.25, -0.2) is 0 Å². The molecule has 1 unspecified atom stereocenters. The van der Waals surface area contributed by atoms with Crippen molar-refractivity contribution in [1.29, 1.82) is 0 Å². The van der Waals surface area contributed by atoms with E-state index in [0.29, 0.717) is 11.4 Å². The van der Waals surface area contributed by atoms with Crippen LogP contribution in [0.4, 0.5) is 0 Å². The van der Waals surface area contributed by atoms with Gasteiger partial charge >= 0.3 is 5.97 Å². The minimum Gasteiger partial charge on any atom is -0.481 e. The van der Waals surface area contributed by atoms with E-state index in [9.17, 15) is 4.79 Å². The van der Waals surface area contributed by atoms with Gasteiger partial charge in [-0.15, -0.1) is 0 Å². The third-order valence-electron chi connectivity index (χ3n) is 3.22. The summed E-state index contributed by atoms with van der Waals surface area (Å²) in [6.45, 7) is 0.760. The number of carboxylic acids is 1. The van der Waals surface area contributed by atoms with E-state index in [1.807, 2.05) is 24.3 Å². The molecule has 0 fully saturated rings. The molecule has 1 aliphatic heterocycles. The van der Waals surface area contributed by atoms with Crippen molar-refractivity contribution in [2.75, 3.05) is 0 Å². The number of nitrogens with zero attached hydrogens (tertiary/aromatic N) is 1. The van der Waals surface area contributed by atoms with Crippen LogP contribution in [0.1, 0.15) is 18.0 Å². The smallest absolute Gasteiger partial charge is 0.312 e. The fourth-order valence-electron chi connectivity index (χ4n) is 2.46. The van der Waals surface area contributed by atoms with Gasteiger partial charge in [0, 0.05) is 28.2 Å². The lowest BCUT2D eigenvalue weighted by Gasteiger charge is -2.00. The molecule has 1 atom stereocenters. The van der Waals surface area contributed by atoms with Crippen molar-refractivity contribution in [1.82, 2.24) is 4.57 Å². The molecule has 0 bridgehead atoms. The average Bonchev–Trinajstić information content (AvgIpc) is 2.76. The topological polar surface area (TPSA) is 42.2 Å². The van der Waals surface area contributed by atoms with E-state index in [2.05, 4.69) is 4.57 Å². The predicted octanol–water partition coefficient (Wildman–Crippen LogP) is 2.87. The number of rotatable bonds is 1. The third kappa shape index (κ3) is 1.18. The summed E-state index contributed by atoms with van der Waals surface area (Å²) in [5.74, 6) is -1.14. The van der Waals surface area contributed by atoms with Crippen molar-refractivity contribution in [3.8, 4) is 0 Å². The molecule has 16 heavy (non-hydrogen) atoms. The molecule has 0 saturated carbocycles. The SMILES string of the molecule is O=C(O)C1CCn2c1cc1c(Cl)cccc12. The van der Waals surface area contributed by atoms with E-state index in [0.717, 1.165) is 23.1 Å². The Labute approximate surface area is 97.2 Å². The molecule has 0 amide bonds. The summed E-state index contributed by atoms with van der Waals surface area (Å²) in [5.41, 5.74) is 1.90. The second kappa shape index (κ2) is 3.25. The zero-order chi connectivity index (χ0) is 11.3. The van der Waals surface area contributed by atoms with Crippen molar-refractivity contribution in [2.45, 2.75) is 18.9 Å². The van der Waals surface area contributed by atoms with E-state index in [1.165, 1.54) is 0 Å². The van der Waals surface area contributed by atoms with Crippen LogP contribution in [-0.2, 0) is 11.3 Å². The Balaban J connectivity index is 2.28. The van der Waals surface area contributed by atoms with Gasteiger partial charge in [0.2, 0.25) is 0 Å². The number of hydrogen-bond acceptors (Lipinski definition) is 1. The Hall–Kier alpha value is -1.48. The monoisotopic (exact) mass is 235 g/mol. The minimum absolute atomic E-state index is 0.386. The number of benzene rings is 1. The maximum Gasteiger partial charge on any atom is 0.312 e. The fraction of sp³-hybridized carbons (Fsp3) is 0.250. The molecule has 1 aliphatic rings. The van der Waals surface area contributed by atoms with E-state index in [4.69, 9.17) is 16.7 Å². The van der Waals surface area contributed by atoms with Gasteiger partial charge in [0.15, 0.2) is 0 Å². The largest absolute Gasteiger partial charge is 0.481 e. The first-order chi connectivity index (χ1) is 7.68. The van der Waals surface area contributed by atoms with E-state index < -0.39 is 5.97 Å². The lowest BCUT2D eigenvalue weighted by atomic mass is 10.0. The highest BCUT2D eigenvalue weighted by molar-refractivity contribution is 6.35. The average molecular weight is 236 g/mol. The molecule has 1 aromatic carbocycles. The van der Waals surface area contributed by atoms with Crippen molar-refractivity contribution in [2.24, 2.45) is 0 Å². The second-order valence-electron chi connectivity index (χ2n) is 4.07. The Morgan fingerprint density at radius 2 is 2.31 bits per heavy atom. The predicted molar refractivity (Wildman–Crippen MR) is 61.9 cm³/mol. The quantitative estimate of drug-likeness (QED) is 0.826. The van der Waals surface area contributed by atoms with E-state index >= 15 is 0 Å². The first-order valence-corrected chi connectivity index (χ1v) is 5.57. The Bertz CT molecular complexity index is 588. The molecule has 4 heteroatoms. The third-order valence-corrected chi connectivity index (χ3v) is 3.55. The number of fused-ring (bicyclic) bond motifs is 3. The van der Waals surface area contributed by atoms with Gasteiger partial charge in [0.1, 0.15) is 0 Å². The highest BCUT2D eigenvalue weighted by Gasteiger charge is 2.30. The lowest BCUT2D eigenvalue weighted by Crippen LogP contribution is -2.07. The summed E-state index contributed by atoms with van der Waals surface area (Å²) in [6, 6.07) is 7.61. The summed E-state index contributed by atoms with van der Waals surface area (Å²) in [6.07, 6.45) is 0.674. The number of aliphatic carboxylic acids is 1. The molecule has 1 N–H and O–H groups in total. The number of aryl methyl sites for hydroxylation is 1. The molecule has 1 aromatic heterocycles. The summed E-state index contributed by atoms with van der Waals surface area (Å²) < 4.78 is 2.06. The van der Waals surface area contributed by atoms with Crippen molar-refractivity contribution >= 4 is 28.5 Å². The number of carboxylic acid groups (broad SMARTS) is 1. The highest BCUT2D eigenvalue weighted by atomic mass is 35.5. The molecule has 3 rings (SSSR count). The van der Waals surface area contributed by atoms with Gasteiger partial charge in [-0.3, -0.25) is 4.79 Å². The van der Waals surface area contributed by atoms with Gasteiger partial charge in [-0.2, -0.15) is 0 Å². The van der Waals surface area contributed by atoms with Crippen LogP contribution in [0.15, 0.2) is 24.3 Å². The standard InChI is InChI=1S/C12H10ClNO2/c13-9-2-1-3-10-8(9)6-11-7(12(15)16)4-5-14(10)11/h1-3,6-7H,4-5H2,(H,15,16). The zero-order valence-electron chi connectivity index (χ0n) is 8.48. The Morgan fingerprint density at radius 3 is 3.06 bits per heavy atom. The Kier molecular flexibility index (Phi) is 1.98.